The lowest BCUT2D eigenvalue weighted by Gasteiger charge is -2.10. The quantitative estimate of drug-likeness (QED) is 0.915. The van der Waals surface area contributed by atoms with Gasteiger partial charge in [0, 0.05) is 13.5 Å². The van der Waals surface area contributed by atoms with Crippen LogP contribution in [0.4, 0.5) is 0 Å². The van der Waals surface area contributed by atoms with Crippen molar-refractivity contribution >= 4 is 38.9 Å². The summed E-state index contributed by atoms with van der Waals surface area (Å²) in [6, 6.07) is 0. The Balaban J connectivity index is 2.26. The Morgan fingerprint density at radius 1 is 1.56 bits per heavy atom. The van der Waals surface area contributed by atoms with Crippen molar-refractivity contribution in [3.63, 3.8) is 0 Å². The van der Waals surface area contributed by atoms with E-state index in [1.807, 2.05) is 26.3 Å². The minimum Gasteiger partial charge on any atom is -0.387 e. The molecule has 98 valence electrons. The van der Waals surface area contributed by atoms with Gasteiger partial charge in [-0.3, -0.25) is 4.68 Å². The zero-order valence-corrected chi connectivity index (χ0v) is 13.5. The minimum absolute atomic E-state index is 0.498. The molecule has 0 aliphatic rings. The number of hydrogen-bond donors (Lipinski definition) is 1. The number of aliphatic hydroxyl groups excluding tert-OH is 1. The number of aromatic nitrogens is 2. The smallest absolute Gasteiger partial charge is 0.0952 e. The fourth-order valence-corrected chi connectivity index (χ4v) is 3.66. The molecule has 1 N–H and O–H groups in total. The second-order valence-corrected chi connectivity index (χ2v) is 6.37. The molecule has 0 aliphatic carbocycles. The maximum atomic E-state index is 10.3. The molecule has 0 fully saturated rings. The molecule has 6 heteroatoms. The Hall–Kier alpha value is -0.360. The largest absolute Gasteiger partial charge is 0.387 e. The molecule has 0 saturated heterocycles. The van der Waals surface area contributed by atoms with Crippen molar-refractivity contribution < 1.29 is 5.11 Å². The van der Waals surface area contributed by atoms with Crippen LogP contribution in [-0.2, 0) is 13.5 Å². The monoisotopic (exact) mass is 348 g/mol. The highest BCUT2D eigenvalue weighted by atomic mass is 79.9. The van der Waals surface area contributed by atoms with Crippen LogP contribution in [0.5, 0.6) is 0 Å². The summed E-state index contributed by atoms with van der Waals surface area (Å²) in [5.41, 5.74) is 2.91. The number of hydrogen-bond acceptors (Lipinski definition) is 3. The zero-order valence-electron chi connectivity index (χ0n) is 10.4. The summed E-state index contributed by atoms with van der Waals surface area (Å²) in [6.07, 6.45) is -0.0975. The van der Waals surface area contributed by atoms with Crippen LogP contribution in [-0.4, -0.2) is 14.9 Å². The Labute approximate surface area is 124 Å². The zero-order chi connectivity index (χ0) is 13.4. The first kappa shape index (κ1) is 14.1. The van der Waals surface area contributed by atoms with Crippen LogP contribution in [0.15, 0.2) is 9.85 Å². The molecule has 0 aromatic carbocycles. The highest BCUT2D eigenvalue weighted by Gasteiger charge is 2.20. The van der Waals surface area contributed by atoms with Crippen LogP contribution in [0.1, 0.15) is 27.9 Å². The summed E-state index contributed by atoms with van der Waals surface area (Å²) in [6.45, 7) is 3.88. The van der Waals surface area contributed by atoms with Gasteiger partial charge in [-0.2, -0.15) is 5.10 Å². The Morgan fingerprint density at radius 2 is 2.22 bits per heavy atom. The van der Waals surface area contributed by atoms with Gasteiger partial charge in [0.1, 0.15) is 0 Å². The molecule has 3 nitrogen and oxygen atoms in total. The van der Waals surface area contributed by atoms with E-state index in [4.69, 9.17) is 11.6 Å². The van der Waals surface area contributed by atoms with Gasteiger partial charge in [-0.25, -0.2) is 0 Å². The number of aryl methyl sites for hydroxylation is 3. The number of thiophene rings is 1. The summed E-state index contributed by atoms with van der Waals surface area (Å²) in [5.74, 6) is 0. The van der Waals surface area contributed by atoms with E-state index in [2.05, 4.69) is 21.0 Å². The average Bonchev–Trinajstić information content (AvgIpc) is 2.75. The van der Waals surface area contributed by atoms with Crippen molar-refractivity contribution in [1.29, 1.82) is 0 Å². The van der Waals surface area contributed by atoms with Crippen molar-refractivity contribution in [1.82, 2.24) is 9.78 Å². The van der Waals surface area contributed by atoms with Crippen LogP contribution < -0.4 is 0 Å². The first-order valence-corrected chi connectivity index (χ1v) is 7.56. The van der Waals surface area contributed by atoms with Gasteiger partial charge in [0.05, 0.1) is 31.9 Å². The number of aliphatic hydroxyl groups is 1. The molecule has 0 radical (unpaired) electrons. The molecule has 2 heterocycles. The van der Waals surface area contributed by atoms with Gasteiger partial charge in [0.25, 0.3) is 0 Å². The third kappa shape index (κ3) is 2.50. The third-order valence-corrected chi connectivity index (χ3v) is 5.72. The van der Waals surface area contributed by atoms with Crippen LogP contribution in [0.3, 0.4) is 0 Å². The van der Waals surface area contributed by atoms with E-state index in [1.54, 1.807) is 4.68 Å². The van der Waals surface area contributed by atoms with Gasteiger partial charge in [-0.1, -0.05) is 11.6 Å². The molecule has 1 unspecified atom stereocenters. The van der Waals surface area contributed by atoms with Crippen molar-refractivity contribution in [2.24, 2.45) is 7.05 Å². The van der Waals surface area contributed by atoms with Gasteiger partial charge in [-0.15, -0.1) is 11.3 Å². The lowest BCUT2D eigenvalue weighted by atomic mass is 10.1. The van der Waals surface area contributed by atoms with E-state index in [0.29, 0.717) is 11.4 Å². The SMILES string of the molecule is Cc1csc(C(O)Cc2c(Br)c(C)nn2C)c1Cl. The molecular weight excluding hydrogens is 336 g/mol. The molecule has 0 spiro atoms. The first-order chi connectivity index (χ1) is 8.41. The first-order valence-electron chi connectivity index (χ1n) is 5.51. The molecule has 0 amide bonds. The maximum absolute atomic E-state index is 10.3. The van der Waals surface area contributed by atoms with E-state index in [-0.39, 0.29) is 0 Å². The van der Waals surface area contributed by atoms with Crippen LogP contribution in [0.25, 0.3) is 0 Å². The Bertz CT molecular complexity index is 579. The third-order valence-electron chi connectivity index (χ3n) is 2.88. The molecule has 2 aromatic rings. The molecule has 2 aromatic heterocycles. The summed E-state index contributed by atoms with van der Waals surface area (Å²) >= 11 is 11.2. The maximum Gasteiger partial charge on any atom is 0.0952 e. The average molecular weight is 350 g/mol. The van der Waals surface area contributed by atoms with Gasteiger partial charge in [-0.05, 0) is 40.7 Å². The van der Waals surface area contributed by atoms with Gasteiger partial charge < -0.3 is 5.11 Å². The fraction of sp³-hybridized carbons (Fsp3) is 0.417. The molecule has 18 heavy (non-hydrogen) atoms. The lowest BCUT2D eigenvalue weighted by molar-refractivity contribution is 0.179. The fourth-order valence-electron chi connectivity index (χ4n) is 1.85. The number of nitrogens with zero attached hydrogens (tertiary/aromatic N) is 2. The van der Waals surface area contributed by atoms with Crippen LogP contribution in [0.2, 0.25) is 5.02 Å². The number of rotatable bonds is 3. The van der Waals surface area contributed by atoms with Crippen molar-refractivity contribution in [3.8, 4) is 0 Å². The minimum atomic E-state index is -0.595. The van der Waals surface area contributed by atoms with Crippen molar-refractivity contribution in [2.75, 3.05) is 0 Å². The predicted molar refractivity (Wildman–Crippen MR) is 78.4 cm³/mol. The summed E-state index contributed by atoms with van der Waals surface area (Å²) in [4.78, 5) is 0.819. The van der Waals surface area contributed by atoms with Crippen molar-refractivity contribution in [2.45, 2.75) is 26.4 Å². The second-order valence-electron chi connectivity index (χ2n) is 4.29. The van der Waals surface area contributed by atoms with E-state index in [9.17, 15) is 5.11 Å². The predicted octanol–water partition coefficient (Wildman–Crippen LogP) is 3.79. The van der Waals surface area contributed by atoms with E-state index in [1.165, 1.54) is 11.3 Å². The summed E-state index contributed by atoms with van der Waals surface area (Å²) < 4.78 is 2.74. The molecule has 0 bridgehead atoms. The highest BCUT2D eigenvalue weighted by molar-refractivity contribution is 9.10. The van der Waals surface area contributed by atoms with Gasteiger partial charge in [0.2, 0.25) is 0 Å². The van der Waals surface area contributed by atoms with Crippen LogP contribution >= 0.6 is 38.9 Å². The van der Waals surface area contributed by atoms with Crippen molar-refractivity contribution in [3.05, 3.63) is 36.7 Å². The van der Waals surface area contributed by atoms with E-state index < -0.39 is 6.10 Å². The lowest BCUT2D eigenvalue weighted by Crippen LogP contribution is -2.06. The molecule has 2 rings (SSSR count). The highest BCUT2D eigenvalue weighted by Crippen LogP contribution is 2.35. The summed E-state index contributed by atoms with van der Waals surface area (Å²) in [5, 5.41) is 17.2. The Morgan fingerprint density at radius 3 is 2.67 bits per heavy atom. The van der Waals surface area contributed by atoms with Gasteiger partial charge in [0.15, 0.2) is 0 Å². The summed E-state index contributed by atoms with van der Waals surface area (Å²) in [7, 11) is 1.88. The van der Waals surface area contributed by atoms with Crippen LogP contribution in [0, 0.1) is 13.8 Å². The van der Waals surface area contributed by atoms with E-state index >= 15 is 0 Å². The molecule has 0 saturated carbocycles. The molecule has 1 atom stereocenters. The standard InChI is InChI=1S/C12H14BrClN2OS/c1-6-5-18-12(11(6)14)9(17)4-8-10(13)7(2)15-16(8)3/h5,9,17H,4H2,1-3H3. The number of halogens is 2. The van der Waals surface area contributed by atoms with Gasteiger partial charge >= 0.3 is 0 Å². The Kier molecular flexibility index (Phi) is 4.16. The molecular formula is C12H14BrClN2OS. The van der Waals surface area contributed by atoms with E-state index in [0.717, 1.165) is 26.3 Å². The normalized spacial score (nSPS) is 13.0. The molecule has 0 aliphatic heterocycles. The topological polar surface area (TPSA) is 38.1 Å². The second kappa shape index (κ2) is 5.33.